The van der Waals surface area contributed by atoms with E-state index in [1.54, 1.807) is 0 Å². The topological polar surface area (TPSA) is 15.7 Å². The van der Waals surface area contributed by atoms with Crippen LogP contribution < -0.4 is 4.90 Å². The minimum absolute atomic E-state index is 0.372. The van der Waals surface area contributed by atoms with E-state index >= 15 is 0 Å². The van der Waals surface area contributed by atoms with Gasteiger partial charge in [-0.25, -0.2) is 0 Å². The first kappa shape index (κ1) is 16.4. The number of rotatable bonds is 4. The first-order valence-corrected chi connectivity index (χ1v) is 9.06. The molecule has 3 nitrogen and oxygen atoms in total. The Balaban J connectivity index is 1.56. The lowest BCUT2D eigenvalue weighted by Crippen LogP contribution is -2.53. The van der Waals surface area contributed by atoms with Crippen molar-refractivity contribution < 1.29 is 4.74 Å². The van der Waals surface area contributed by atoms with Crippen LogP contribution in [0.15, 0.2) is 60.7 Å². The summed E-state index contributed by atoms with van der Waals surface area (Å²) >= 11 is 0. The summed E-state index contributed by atoms with van der Waals surface area (Å²) in [4.78, 5) is 4.75. The van der Waals surface area contributed by atoms with Crippen molar-refractivity contribution in [1.82, 2.24) is 4.90 Å². The molecule has 0 saturated carbocycles. The number of morpholine rings is 1. The Bertz CT molecular complexity index is 736. The number of fused-ring (bicyclic) bond motifs is 2. The van der Waals surface area contributed by atoms with Gasteiger partial charge in [0, 0.05) is 32.4 Å². The summed E-state index contributed by atoms with van der Waals surface area (Å²) in [6, 6.07) is 20.5. The van der Waals surface area contributed by atoms with Crippen LogP contribution in [0.5, 0.6) is 0 Å². The molecule has 1 saturated heterocycles. The molecule has 130 valence electrons. The largest absolute Gasteiger partial charge is 0.378 e. The molecule has 2 bridgehead atoms. The van der Waals surface area contributed by atoms with E-state index in [-0.39, 0.29) is 0 Å². The number of benzene rings is 2. The van der Waals surface area contributed by atoms with Gasteiger partial charge in [-0.2, -0.15) is 0 Å². The van der Waals surface area contributed by atoms with Crippen molar-refractivity contribution in [3.05, 3.63) is 71.8 Å². The zero-order valence-electron chi connectivity index (χ0n) is 15.1. The first-order chi connectivity index (χ1) is 12.2. The van der Waals surface area contributed by atoms with E-state index in [4.69, 9.17) is 4.74 Å². The summed E-state index contributed by atoms with van der Waals surface area (Å²) in [6.45, 7) is 2.63. The summed E-state index contributed by atoms with van der Waals surface area (Å²) in [7, 11) is 4.16. The maximum absolute atomic E-state index is 5.85. The number of ether oxygens (including phenoxy) is 1. The standard InChI is InChI=1S/C22H26N2O/c1-23(2)20-10-8-18(9-11-20)19-12-21-15-25-16-22(13-19)24(21)14-17-6-4-3-5-7-17/h3-12,21-22H,13-16H2,1-2H3. The van der Waals surface area contributed by atoms with Gasteiger partial charge < -0.3 is 9.64 Å². The molecular formula is C22H26N2O. The van der Waals surface area contributed by atoms with Crippen LogP contribution in [-0.2, 0) is 11.3 Å². The van der Waals surface area contributed by atoms with Crippen molar-refractivity contribution in [2.24, 2.45) is 0 Å². The molecule has 2 aromatic carbocycles. The van der Waals surface area contributed by atoms with Gasteiger partial charge in [-0.1, -0.05) is 48.5 Å². The second-order valence-electron chi connectivity index (χ2n) is 7.25. The number of hydrogen-bond donors (Lipinski definition) is 0. The zero-order valence-corrected chi connectivity index (χ0v) is 15.1. The summed E-state index contributed by atoms with van der Waals surface area (Å²) in [5.41, 5.74) is 5.44. The fraction of sp³-hybridized carbons (Fsp3) is 0.364. The van der Waals surface area contributed by atoms with Gasteiger partial charge in [0.25, 0.3) is 0 Å². The molecule has 4 rings (SSSR count). The van der Waals surface area contributed by atoms with E-state index in [9.17, 15) is 0 Å². The van der Waals surface area contributed by atoms with E-state index in [0.717, 1.165) is 26.2 Å². The molecule has 2 aliphatic heterocycles. The highest BCUT2D eigenvalue weighted by Gasteiger charge is 2.34. The third-order valence-corrected chi connectivity index (χ3v) is 5.31. The predicted molar refractivity (Wildman–Crippen MR) is 104 cm³/mol. The Labute approximate surface area is 150 Å². The van der Waals surface area contributed by atoms with Crippen molar-refractivity contribution in [3.8, 4) is 0 Å². The normalized spacial score (nSPS) is 23.2. The average Bonchev–Trinajstić information content (AvgIpc) is 2.62. The van der Waals surface area contributed by atoms with Gasteiger partial charge in [-0.15, -0.1) is 0 Å². The second kappa shape index (κ2) is 7.03. The smallest absolute Gasteiger partial charge is 0.0658 e. The van der Waals surface area contributed by atoms with Gasteiger partial charge >= 0.3 is 0 Å². The van der Waals surface area contributed by atoms with Crippen molar-refractivity contribution in [3.63, 3.8) is 0 Å². The molecule has 0 spiro atoms. The Hall–Kier alpha value is -2.10. The highest BCUT2D eigenvalue weighted by Crippen LogP contribution is 2.34. The molecule has 0 radical (unpaired) electrons. The number of anilines is 1. The molecule has 0 amide bonds. The molecule has 3 heteroatoms. The molecule has 0 aromatic heterocycles. The van der Waals surface area contributed by atoms with Crippen LogP contribution in [0.4, 0.5) is 5.69 Å². The monoisotopic (exact) mass is 334 g/mol. The SMILES string of the molecule is CN(C)c1ccc(C2=CC3COCC(C2)N3Cc2ccccc2)cc1. The number of hydrogen-bond acceptors (Lipinski definition) is 3. The van der Waals surface area contributed by atoms with Crippen LogP contribution >= 0.6 is 0 Å². The van der Waals surface area contributed by atoms with E-state index in [1.807, 2.05) is 0 Å². The lowest BCUT2D eigenvalue weighted by Gasteiger charge is -2.45. The number of nitrogens with zero attached hydrogens (tertiary/aromatic N) is 2. The molecule has 2 atom stereocenters. The molecule has 2 aliphatic rings. The molecule has 25 heavy (non-hydrogen) atoms. The summed E-state index contributed by atoms with van der Waals surface area (Å²) in [5, 5.41) is 0. The van der Waals surface area contributed by atoms with Gasteiger partial charge in [-0.3, -0.25) is 4.90 Å². The Morgan fingerprint density at radius 1 is 1.00 bits per heavy atom. The predicted octanol–water partition coefficient (Wildman–Crippen LogP) is 3.81. The maximum atomic E-state index is 5.85. The van der Waals surface area contributed by atoms with Gasteiger partial charge in [-0.05, 0) is 35.3 Å². The van der Waals surface area contributed by atoms with E-state index in [2.05, 4.69) is 84.6 Å². The Morgan fingerprint density at radius 2 is 1.76 bits per heavy atom. The zero-order chi connectivity index (χ0) is 17.2. The highest BCUT2D eigenvalue weighted by atomic mass is 16.5. The molecule has 2 aromatic rings. The van der Waals surface area contributed by atoms with E-state index < -0.39 is 0 Å². The lowest BCUT2D eigenvalue weighted by molar-refractivity contribution is -0.0402. The maximum Gasteiger partial charge on any atom is 0.0658 e. The van der Waals surface area contributed by atoms with E-state index in [1.165, 1.54) is 22.4 Å². The lowest BCUT2D eigenvalue weighted by atomic mass is 9.89. The highest BCUT2D eigenvalue weighted by molar-refractivity contribution is 5.69. The van der Waals surface area contributed by atoms with Crippen LogP contribution in [0.3, 0.4) is 0 Å². The quantitative estimate of drug-likeness (QED) is 0.846. The third kappa shape index (κ3) is 3.48. The fourth-order valence-electron chi connectivity index (χ4n) is 3.89. The molecule has 1 fully saturated rings. The van der Waals surface area contributed by atoms with Crippen molar-refractivity contribution in [2.45, 2.75) is 25.0 Å². The average molecular weight is 334 g/mol. The van der Waals surface area contributed by atoms with Crippen LogP contribution in [0.2, 0.25) is 0 Å². The van der Waals surface area contributed by atoms with Crippen LogP contribution in [0.25, 0.3) is 5.57 Å². The van der Waals surface area contributed by atoms with Crippen LogP contribution in [0, 0.1) is 0 Å². The van der Waals surface area contributed by atoms with Crippen molar-refractivity contribution in [2.75, 3.05) is 32.2 Å². The molecule has 2 heterocycles. The molecule has 0 aliphatic carbocycles. The van der Waals surface area contributed by atoms with Gasteiger partial charge in [0.05, 0.1) is 19.3 Å². The van der Waals surface area contributed by atoms with Gasteiger partial charge in [0.1, 0.15) is 0 Å². The van der Waals surface area contributed by atoms with Gasteiger partial charge in [0.2, 0.25) is 0 Å². The summed E-state index contributed by atoms with van der Waals surface area (Å²) in [6.07, 6.45) is 3.48. The van der Waals surface area contributed by atoms with Crippen LogP contribution in [0.1, 0.15) is 17.5 Å². The first-order valence-electron chi connectivity index (χ1n) is 9.06. The van der Waals surface area contributed by atoms with Gasteiger partial charge in [0.15, 0.2) is 0 Å². The van der Waals surface area contributed by atoms with Crippen molar-refractivity contribution >= 4 is 11.3 Å². The molecule has 0 N–H and O–H groups in total. The van der Waals surface area contributed by atoms with Crippen molar-refractivity contribution in [1.29, 1.82) is 0 Å². The van der Waals surface area contributed by atoms with E-state index in [0.29, 0.717) is 12.1 Å². The Kier molecular flexibility index (Phi) is 4.60. The minimum Gasteiger partial charge on any atom is -0.378 e. The Morgan fingerprint density at radius 3 is 2.44 bits per heavy atom. The molecular weight excluding hydrogens is 308 g/mol. The second-order valence-corrected chi connectivity index (χ2v) is 7.25. The summed E-state index contributed by atoms with van der Waals surface area (Å²) in [5.74, 6) is 0. The molecule has 2 unspecified atom stereocenters. The third-order valence-electron chi connectivity index (χ3n) is 5.31. The fourth-order valence-corrected chi connectivity index (χ4v) is 3.89. The summed E-state index contributed by atoms with van der Waals surface area (Å²) < 4.78 is 5.85. The minimum atomic E-state index is 0.372. The van der Waals surface area contributed by atoms with Crippen LogP contribution in [-0.4, -0.2) is 44.3 Å².